The second-order valence-corrected chi connectivity index (χ2v) is 13.9. The van der Waals surface area contributed by atoms with Crippen LogP contribution in [0, 0.1) is 5.92 Å². The number of rotatable bonds is 16. The third kappa shape index (κ3) is 9.74. The minimum Gasteiger partial charge on any atom is -0.497 e. The van der Waals surface area contributed by atoms with E-state index in [1.165, 1.54) is 29.2 Å². The van der Waals surface area contributed by atoms with E-state index in [0.29, 0.717) is 35.2 Å². The number of hydrogen-bond donors (Lipinski definition) is 1. The van der Waals surface area contributed by atoms with Crippen molar-refractivity contribution >= 4 is 39.1 Å². The zero-order valence-corrected chi connectivity index (χ0v) is 29.2. The Balaban J connectivity index is 1.81. The Morgan fingerprint density at radius 1 is 0.854 bits per heavy atom. The minimum atomic E-state index is -4.27. The van der Waals surface area contributed by atoms with Crippen LogP contribution >= 0.6 is 11.6 Å². The van der Waals surface area contributed by atoms with Crippen LogP contribution < -0.4 is 19.1 Å². The Kier molecular flexibility index (Phi) is 12.9. The zero-order valence-electron chi connectivity index (χ0n) is 27.6. The molecule has 48 heavy (non-hydrogen) atoms. The summed E-state index contributed by atoms with van der Waals surface area (Å²) in [4.78, 5) is 30.0. The highest BCUT2D eigenvalue weighted by Crippen LogP contribution is 2.28. The summed E-state index contributed by atoms with van der Waals surface area (Å²) in [6, 6.07) is 27.9. The number of methoxy groups -OCH3 is 1. The number of carbonyl (C=O) groups is 2. The Labute approximate surface area is 288 Å². The Hall–Kier alpha value is -4.54. The van der Waals surface area contributed by atoms with Gasteiger partial charge in [0.25, 0.3) is 10.0 Å². The summed E-state index contributed by atoms with van der Waals surface area (Å²) in [5.41, 5.74) is 1.82. The van der Waals surface area contributed by atoms with E-state index in [0.717, 1.165) is 9.87 Å². The molecule has 4 rings (SSSR count). The van der Waals surface area contributed by atoms with E-state index in [1.807, 2.05) is 57.2 Å². The molecule has 1 atom stereocenters. The van der Waals surface area contributed by atoms with Crippen LogP contribution in [0.1, 0.15) is 31.9 Å². The van der Waals surface area contributed by atoms with Crippen LogP contribution in [-0.2, 0) is 32.6 Å². The van der Waals surface area contributed by atoms with Crippen LogP contribution in [0.2, 0.25) is 5.02 Å². The van der Waals surface area contributed by atoms with Gasteiger partial charge in [-0.25, -0.2) is 8.42 Å². The van der Waals surface area contributed by atoms with Crippen molar-refractivity contribution in [2.24, 2.45) is 5.92 Å². The summed E-state index contributed by atoms with van der Waals surface area (Å²) in [6.07, 6.45) is 0.216. The van der Waals surface area contributed by atoms with Crippen molar-refractivity contribution in [3.63, 3.8) is 0 Å². The molecule has 4 aromatic rings. The highest BCUT2D eigenvalue weighted by atomic mass is 35.5. The number of anilines is 1. The molecule has 2 amide bonds. The molecule has 0 radical (unpaired) electrons. The van der Waals surface area contributed by atoms with E-state index in [1.54, 1.807) is 49.6 Å². The van der Waals surface area contributed by atoms with E-state index >= 15 is 0 Å². The maximum Gasteiger partial charge on any atom is 0.264 e. The molecule has 0 aromatic heterocycles. The molecular formula is C37H42ClN3O6S. The number of carbonyl (C=O) groups excluding carboxylic acids is 2. The van der Waals surface area contributed by atoms with E-state index in [4.69, 9.17) is 21.1 Å². The number of halogens is 1. The lowest BCUT2D eigenvalue weighted by molar-refractivity contribution is -0.140. The molecule has 9 nitrogen and oxygen atoms in total. The summed E-state index contributed by atoms with van der Waals surface area (Å²) in [5.74, 6) is 0.418. The SMILES string of the molecule is CCOc1ccc(N(CC(=O)N(Cc2cccc(OC)c2)[C@@H](Cc2ccccc2)C(=O)NCC(C)C)S(=O)(=O)c2ccc(Cl)cc2)cc1. The third-order valence-electron chi connectivity index (χ3n) is 7.56. The predicted molar refractivity (Wildman–Crippen MR) is 189 cm³/mol. The summed E-state index contributed by atoms with van der Waals surface area (Å²) in [6.45, 7) is 6.13. The smallest absolute Gasteiger partial charge is 0.264 e. The lowest BCUT2D eigenvalue weighted by Crippen LogP contribution is -2.53. The average Bonchev–Trinajstić information content (AvgIpc) is 3.08. The number of benzene rings is 4. The molecule has 1 N–H and O–H groups in total. The van der Waals surface area contributed by atoms with Crippen molar-refractivity contribution in [3.8, 4) is 11.5 Å². The molecule has 0 aliphatic rings. The standard InChI is InChI=1S/C37H42ClN3O6S/c1-5-47-32-18-16-31(17-19-32)41(48(44,45)34-20-14-30(38)15-21-34)26-36(42)40(25-29-12-9-13-33(22-29)46-4)35(37(43)39-24-27(2)3)23-28-10-7-6-8-11-28/h6-22,27,35H,5,23-26H2,1-4H3,(H,39,43)/t35-/m0/s1. The largest absolute Gasteiger partial charge is 0.497 e. The van der Waals surface area contributed by atoms with Gasteiger partial charge in [-0.1, -0.05) is 67.9 Å². The third-order valence-corrected chi connectivity index (χ3v) is 9.60. The van der Waals surface area contributed by atoms with Gasteiger partial charge in [-0.2, -0.15) is 0 Å². The predicted octanol–water partition coefficient (Wildman–Crippen LogP) is 6.35. The Bertz CT molecular complexity index is 1750. The lowest BCUT2D eigenvalue weighted by Gasteiger charge is -2.34. The fourth-order valence-corrected chi connectivity index (χ4v) is 6.62. The van der Waals surface area contributed by atoms with Crippen LogP contribution in [0.5, 0.6) is 11.5 Å². The highest BCUT2D eigenvalue weighted by molar-refractivity contribution is 7.92. The molecule has 0 unspecified atom stereocenters. The number of hydrogen-bond acceptors (Lipinski definition) is 6. The van der Waals surface area contributed by atoms with Crippen LogP contribution in [-0.4, -0.2) is 58.0 Å². The maximum atomic E-state index is 14.6. The first-order chi connectivity index (χ1) is 23.0. The molecule has 0 aliphatic carbocycles. The normalized spacial score (nSPS) is 11.9. The molecule has 0 fully saturated rings. The summed E-state index contributed by atoms with van der Waals surface area (Å²) < 4.78 is 40.5. The second-order valence-electron chi connectivity index (χ2n) is 11.6. The van der Waals surface area contributed by atoms with Crippen LogP contribution in [0.15, 0.2) is 108 Å². The highest BCUT2D eigenvalue weighted by Gasteiger charge is 2.34. The number of sulfonamides is 1. The van der Waals surface area contributed by atoms with Gasteiger partial charge in [0, 0.05) is 24.5 Å². The molecular weight excluding hydrogens is 650 g/mol. The van der Waals surface area contributed by atoms with E-state index < -0.39 is 28.5 Å². The molecule has 4 aromatic carbocycles. The zero-order chi connectivity index (χ0) is 34.7. The van der Waals surface area contributed by atoms with Gasteiger partial charge in [0.1, 0.15) is 24.1 Å². The van der Waals surface area contributed by atoms with Crippen molar-refractivity contribution in [1.82, 2.24) is 10.2 Å². The fraction of sp³-hybridized carbons (Fsp3) is 0.297. The summed E-state index contributed by atoms with van der Waals surface area (Å²) in [7, 11) is -2.72. The fourth-order valence-electron chi connectivity index (χ4n) is 5.08. The Morgan fingerprint density at radius 2 is 1.52 bits per heavy atom. The first-order valence-corrected chi connectivity index (χ1v) is 17.6. The minimum absolute atomic E-state index is 0.0285. The van der Waals surface area contributed by atoms with Crippen molar-refractivity contribution in [2.45, 2.75) is 44.7 Å². The van der Waals surface area contributed by atoms with Gasteiger partial charge in [-0.15, -0.1) is 0 Å². The molecule has 0 spiro atoms. The molecule has 0 saturated heterocycles. The van der Waals surface area contributed by atoms with Gasteiger partial charge in [0.2, 0.25) is 11.8 Å². The monoisotopic (exact) mass is 691 g/mol. The molecule has 11 heteroatoms. The quantitative estimate of drug-likeness (QED) is 0.147. The van der Waals surface area contributed by atoms with Crippen molar-refractivity contribution < 1.29 is 27.5 Å². The van der Waals surface area contributed by atoms with Gasteiger partial charge in [0.15, 0.2) is 0 Å². The average molecular weight is 692 g/mol. The molecule has 0 heterocycles. The van der Waals surface area contributed by atoms with Gasteiger partial charge in [0.05, 0.1) is 24.3 Å². The number of nitrogens with zero attached hydrogens (tertiary/aromatic N) is 2. The molecule has 0 bridgehead atoms. The van der Waals surface area contributed by atoms with Gasteiger partial charge >= 0.3 is 0 Å². The topological polar surface area (TPSA) is 105 Å². The van der Waals surface area contributed by atoms with Gasteiger partial charge in [-0.05, 0) is 84.6 Å². The van der Waals surface area contributed by atoms with Gasteiger partial charge in [-0.3, -0.25) is 13.9 Å². The van der Waals surface area contributed by atoms with E-state index in [-0.39, 0.29) is 35.4 Å². The molecule has 0 saturated carbocycles. The maximum absolute atomic E-state index is 14.6. The van der Waals surface area contributed by atoms with Crippen molar-refractivity contribution in [1.29, 1.82) is 0 Å². The number of nitrogens with one attached hydrogen (secondary N) is 1. The van der Waals surface area contributed by atoms with Crippen LogP contribution in [0.4, 0.5) is 5.69 Å². The first-order valence-electron chi connectivity index (χ1n) is 15.8. The number of ether oxygens (including phenoxy) is 2. The number of amides is 2. The van der Waals surface area contributed by atoms with Crippen molar-refractivity contribution in [3.05, 3.63) is 119 Å². The van der Waals surface area contributed by atoms with E-state index in [9.17, 15) is 18.0 Å². The van der Waals surface area contributed by atoms with Crippen LogP contribution in [0.25, 0.3) is 0 Å². The van der Waals surface area contributed by atoms with Crippen molar-refractivity contribution in [2.75, 3.05) is 31.1 Å². The van der Waals surface area contributed by atoms with Crippen LogP contribution in [0.3, 0.4) is 0 Å². The first kappa shape index (κ1) is 36.3. The molecule has 0 aliphatic heterocycles. The second kappa shape index (κ2) is 17.0. The van der Waals surface area contributed by atoms with E-state index in [2.05, 4.69) is 5.32 Å². The summed E-state index contributed by atoms with van der Waals surface area (Å²) >= 11 is 6.08. The summed E-state index contributed by atoms with van der Waals surface area (Å²) in [5, 5.41) is 3.37. The Morgan fingerprint density at radius 3 is 2.15 bits per heavy atom. The molecule has 254 valence electrons. The van der Waals surface area contributed by atoms with Gasteiger partial charge < -0.3 is 19.7 Å². The lowest BCUT2D eigenvalue weighted by atomic mass is 10.0.